The lowest BCUT2D eigenvalue weighted by Gasteiger charge is -2.29. The van der Waals surface area contributed by atoms with Crippen LogP contribution in [0.3, 0.4) is 0 Å². The second-order valence-corrected chi connectivity index (χ2v) is 7.30. The first-order valence-corrected chi connectivity index (χ1v) is 9.28. The highest BCUT2D eigenvalue weighted by atomic mass is 35.5. The van der Waals surface area contributed by atoms with Gasteiger partial charge in [-0.2, -0.15) is 0 Å². The standard InChI is InChI=1S/C18H21ClN2OS/c1-13-14(19)7-5-8-15(13)20-18(22)21-11-4-2-3-9-16(21)17-10-6-12-23-17/h5-8,10,12,16H,2-4,9,11H2,1H3,(H,20,22)/t16-/m0/s1. The van der Waals surface area contributed by atoms with Gasteiger partial charge in [0.25, 0.3) is 0 Å². The van der Waals surface area contributed by atoms with Crippen LogP contribution in [0, 0.1) is 6.92 Å². The number of carbonyl (C=O) groups is 1. The number of likely N-dealkylation sites (tertiary alicyclic amines) is 1. The number of amides is 2. The van der Waals surface area contributed by atoms with E-state index in [0.29, 0.717) is 5.02 Å². The molecule has 1 aliphatic heterocycles. The largest absolute Gasteiger partial charge is 0.322 e. The first kappa shape index (κ1) is 16.3. The Balaban J connectivity index is 1.82. The Morgan fingerprint density at radius 1 is 1.26 bits per heavy atom. The van der Waals surface area contributed by atoms with Crippen LogP contribution in [-0.2, 0) is 0 Å². The highest BCUT2D eigenvalue weighted by molar-refractivity contribution is 7.10. The van der Waals surface area contributed by atoms with Gasteiger partial charge < -0.3 is 10.2 Å². The van der Waals surface area contributed by atoms with Gasteiger partial charge in [-0.1, -0.05) is 36.6 Å². The maximum atomic E-state index is 12.9. The fourth-order valence-corrected chi connectivity index (χ4v) is 4.11. The van der Waals surface area contributed by atoms with Gasteiger partial charge in [-0.15, -0.1) is 11.3 Å². The van der Waals surface area contributed by atoms with Crippen LogP contribution in [0.2, 0.25) is 5.02 Å². The molecule has 0 saturated carbocycles. The predicted octanol–water partition coefficient (Wildman–Crippen LogP) is 5.86. The van der Waals surface area contributed by atoms with Crippen molar-refractivity contribution in [3.05, 3.63) is 51.2 Å². The zero-order valence-corrected chi connectivity index (χ0v) is 14.8. The summed E-state index contributed by atoms with van der Waals surface area (Å²) in [6, 6.07) is 9.94. The van der Waals surface area contributed by atoms with Crippen LogP contribution in [-0.4, -0.2) is 17.5 Å². The molecule has 1 aromatic carbocycles. The number of urea groups is 1. The zero-order chi connectivity index (χ0) is 16.2. The molecule has 0 unspecified atom stereocenters. The monoisotopic (exact) mass is 348 g/mol. The minimum absolute atomic E-state index is 0.0318. The molecule has 0 bridgehead atoms. The number of hydrogen-bond donors (Lipinski definition) is 1. The summed E-state index contributed by atoms with van der Waals surface area (Å²) in [6.45, 7) is 2.73. The fourth-order valence-electron chi connectivity index (χ4n) is 3.06. The summed E-state index contributed by atoms with van der Waals surface area (Å²) < 4.78 is 0. The Labute approximate surface area is 146 Å². The molecular weight excluding hydrogens is 328 g/mol. The first-order valence-electron chi connectivity index (χ1n) is 8.03. The summed E-state index contributed by atoms with van der Waals surface area (Å²) in [5.74, 6) is 0. The van der Waals surface area contributed by atoms with E-state index in [1.54, 1.807) is 11.3 Å². The number of carbonyl (C=O) groups excluding carboxylic acids is 1. The molecule has 2 aromatic rings. The van der Waals surface area contributed by atoms with E-state index in [1.165, 1.54) is 17.7 Å². The van der Waals surface area contributed by atoms with Crippen LogP contribution < -0.4 is 5.32 Å². The Kier molecular flexibility index (Phi) is 5.23. The number of anilines is 1. The molecule has 23 heavy (non-hydrogen) atoms. The molecule has 1 saturated heterocycles. The van der Waals surface area contributed by atoms with Crippen molar-refractivity contribution in [2.45, 2.75) is 38.6 Å². The van der Waals surface area contributed by atoms with Gasteiger partial charge >= 0.3 is 6.03 Å². The van der Waals surface area contributed by atoms with E-state index in [9.17, 15) is 4.79 Å². The molecular formula is C18H21ClN2OS. The van der Waals surface area contributed by atoms with Crippen LogP contribution in [0.1, 0.15) is 42.2 Å². The molecule has 0 radical (unpaired) electrons. The van der Waals surface area contributed by atoms with Gasteiger partial charge in [0.1, 0.15) is 0 Å². The Hall–Kier alpha value is -1.52. The van der Waals surface area contributed by atoms with Crippen molar-refractivity contribution in [2.75, 3.05) is 11.9 Å². The number of nitrogens with one attached hydrogen (secondary N) is 1. The van der Waals surface area contributed by atoms with Crippen molar-refractivity contribution in [2.24, 2.45) is 0 Å². The second kappa shape index (κ2) is 7.37. The van der Waals surface area contributed by atoms with Gasteiger partial charge in [0.2, 0.25) is 0 Å². The molecule has 1 atom stereocenters. The average molecular weight is 349 g/mol. The molecule has 1 fully saturated rings. The highest BCUT2D eigenvalue weighted by Crippen LogP contribution is 2.33. The second-order valence-electron chi connectivity index (χ2n) is 5.92. The summed E-state index contributed by atoms with van der Waals surface area (Å²) in [5, 5.41) is 5.80. The summed E-state index contributed by atoms with van der Waals surface area (Å²) in [5.41, 5.74) is 1.70. The molecule has 1 aliphatic rings. The number of rotatable bonds is 2. The summed E-state index contributed by atoms with van der Waals surface area (Å²) in [6.07, 6.45) is 4.44. The van der Waals surface area contributed by atoms with E-state index < -0.39 is 0 Å². The number of hydrogen-bond acceptors (Lipinski definition) is 2. The lowest BCUT2D eigenvalue weighted by Crippen LogP contribution is -2.37. The normalized spacial score (nSPS) is 18.5. The van der Waals surface area contributed by atoms with Gasteiger partial charge in [-0.25, -0.2) is 4.79 Å². The van der Waals surface area contributed by atoms with Crippen molar-refractivity contribution >= 4 is 34.7 Å². The number of halogens is 1. The quantitative estimate of drug-likeness (QED) is 0.724. The van der Waals surface area contributed by atoms with E-state index in [1.807, 2.05) is 30.0 Å². The van der Waals surface area contributed by atoms with Crippen molar-refractivity contribution in [1.82, 2.24) is 4.90 Å². The van der Waals surface area contributed by atoms with E-state index >= 15 is 0 Å². The Morgan fingerprint density at radius 3 is 2.91 bits per heavy atom. The van der Waals surface area contributed by atoms with Crippen molar-refractivity contribution in [3.63, 3.8) is 0 Å². The molecule has 0 spiro atoms. The number of benzene rings is 1. The maximum Gasteiger partial charge on any atom is 0.322 e. The molecule has 0 aliphatic carbocycles. The third kappa shape index (κ3) is 3.70. The van der Waals surface area contributed by atoms with Crippen molar-refractivity contribution < 1.29 is 4.79 Å². The van der Waals surface area contributed by atoms with Crippen LogP contribution in [0.5, 0.6) is 0 Å². The van der Waals surface area contributed by atoms with Crippen LogP contribution >= 0.6 is 22.9 Å². The van der Waals surface area contributed by atoms with Gasteiger partial charge in [0.05, 0.1) is 6.04 Å². The van der Waals surface area contributed by atoms with Crippen LogP contribution in [0.4, 0.5) is 10.5 Å². The zero-order valence-electron chi connectivity index (χ0n) is 13.2. The van der Waals surface area contributed by atoms with Crippen molar-refractivity contribution in [3.8, 4) is 0 Å². The molecule has 1 N–H and O–H groups in total. The van der Waals surface area contributed by atoms with Crippen molar-refractivity contribution in [1.29, 1.82) is 0 Å². The summed E-state index contributed by atoms with van der Waals surface area (Å²) >= 11 is 7.88. The number of thiophene rings is 1. The molecule has 2 heterocycles. The summed E-state index contributed by atoms with van der Waals surface area (Å²) in [7, 11) is 0. The molecule has 3 nitrogen and oxygen atoms in total. The van der Waals surface area contributed by atoms with Gasteiger partial charge in [0, 0.05) is 22.1 Å². The van der Waals surface area contributed by atoms with Gasteiger partial charge in [-0.3, -0.25) is 0 Å². The average Bonchev–Trinajstić information content (AvgIpc) is 2.96. The molecule has 3 rings (SSSR count). The van der Waals surface area contributed by atoms with Gasteiger partial charge in [-0.05, 0) is 48.9 Å². The molecule has 1 aromatic heterocycles. The highest BCUT2D eigenvalue weighted by Gasteiger charge is 2.27. The molecule has 122 valence electrons. The van der Waals surface area contributed by atoms with Crippen LogP contribution in [0.15, 0.2) is 35.7 Å². The van der Waals surface area contributed by atoms with E-state index in [2.05, 4.69) is 22.8 Å². The SMILES string of the molecule is Cc1c(Cl)cccc1NC(=O)N1CCCCC[C@H]1c1cccs1. The fraction of sp³-hybridized carbons (Fsp3) is 0.389. The van der Waals surface area contributed by atoms with Gasteiger partial charge in [0.15, 0.2) is 0 Å². The topological polar surface area (TPSA) is 32.3 Å². The third-order valence-electron chi connectivity index (χ3n) is 4.39. The smallest absolute Gasteiger partial charge is 0.317 e. The predicted molar refractivity (Wildman–Crippen MR) is 97.4 cm³/mol. The van der Waals surface area contributed by atoms with E-state index in [0.717, 1.165) is 30.6 Å². The van der Waals surface area contributed by atoms with E-state index in [-0.39, 0.29) is 12.1 Å². The Morgan fingerprint density at radius 2 is 2.13 bits per heavy atom. The minimum atomic E-state index is -0.0318. The van der Waals surface area contributed by atoms with Crippen LogP contribution in [0.25, 0.3) is 0 Å². The van der Waals surface area contributed by atoms with E-state index in [4.69, 9.17) is 11.6 Å². The third-order valence-corrected chi connectivity index (χ3v) is 5.78. The first-order chi connectivity index (χ1) is 11.2. The Bertz CT molecular complexity index is 672. The molecule has 2 amide bonds. The lowest BCUT2D eigenvalue weighted by molar-refractivity contribution is 0.190. The maximum absolute atomic E-state index is 12.9. The summed E-state index contributed by atoms with van der Waals surface area (Å²) in [4.78, 5) is 16.1. The number of nitrogens with zero attached hydrogens (tertiary/aromatic N) is 1. The minimum Gasteiger partial charge on any atom is -0.317 e. The molecule has 5 heteroatoms. The lowest BCUT2D eigenvalue weighted by atomic mass is 10.1.